The summed E-state index contributed by atoms with van der Waals surface area (Å²) in [5.41, 5.74) is 0.234. The van der Waals surface area contributed by atoms with Crippen LogP contribution in [0.2, 0.25) is 0 Å². The van der Waals surface area contributed by atoms with Crippen LogP contribution in [0.15, 0.2) is 17.5 Å². The van der Waals surface area contributed by atoms with Crippen molar-refractivity contribution >= 4 is 11.3 Å². The Morgan fingerprint density at radius 2 is 2.12 bits per heavy atom. The number of thiophene rings is 1. The number of ether oxygens (including phenoxy) is 1. The van der Waals surface area contributed by atoms with E-state index in [4.69, 9.17) is 4.74 Å². The second-order valence-corrected chi connectivity index (χ2v) is 6.05. The molecule has 1 rings (SSSR count). The van der Waals surface area contributed by atoms with Gasteiger partial charge in [0.05, 0.1) is 6.61 Å². The number of rotatable bonds is 7. The Balaban J connectivity index is 1.89. The van der Waals surface area contributed by atoms with Gasteiger partial charge < -0.3 is 10.1 Å². The molecule has 1 aromatic heterocycles. The van der Waals surface area contributed by atoms with Crippen molar-refractivity contribution in [3.63, 3.8) is 0 Å². The predicted octanol–water partition coefficient (Wildman–Crippen LogP) is 3.43. The van der Waals surface area contributed by atoms with Gasteiger partial charge in [0.15, 0.2) is 0 Å². The van der Waals surface area contributed by atoms with Crippen LogP contribution in [0.25, 0.3) is 0 Å². The van der Waals surface area contributed by atoms with E-state index in [0.717, 1.165) is 26.2 Å². The van der Waals surface area contributed by atoms with Crippen LogP contribution in [0.3, 0.4) is 0 Å². The number of nitrogens with one attached hydrogen (secondary N) is 1. The highest BCUT2D eigenvalue weighted by Gasteiger charge is 2.06. The zero-order chi connectivity index (χ0) is 11.9. The summed E-state index contributed by atoms with van der Waals surface area (Å²) in [7, 11) is 0. The molecule has 0 amide bonds. The maximum absolute atomic E-state index is 5.59. The summed E-state index contributed by atoms with van der Waals surface area (Å²) in [5.74, 6) is 0. The molecule has 3 heteroatoms. The van der Waals surface area contributed by atoms with E-state index in [-0.39, 0.29) is 5.54 Å². The summed E-state index contributed by atoms with van der Waals surface area (Å²) < 4.78 is 5.59. The molecule has 1 heterocycles. The summed E-state index contributed by atoms with van der Waals surface area (Å²) in [4.78, 5) is 1.31. The van der Waals surface area contributed by atoms with E-state index >= 15 is 0 Å². The van der Waals surface area contributed by atoms with Crippen LogP contribution in [0.1, 0.15) is 38.5 Å². The van der Waals surface area contributed by atoms with Gasteiger partial charge in [0.2, 0.25) is 0 Å². The van der Waals surface area contributed by atoms with Crippen LogP contribution in [0.5, 0.6) is 0 Å². The van der Waals surface area contributed by atoms with Gasteiger partial charge in [0.1, 0.15) is 0 Å². The number of unbranched alkanes of at least 4 members (excludes halogenated alkanes) is 1. The Bertz CT molecular complexity index is 264. The fourth-order valence-electron chi connectivity index (χ4n) is 1.36. The third-order valence-corrected chi connectivity index (χ3v) is 3.05. The van der Waals surface area contributed by atoms with Crippen molar-refractivity contribution in [1.82, 2.24) is 5.32 Å². The van der Waals surface area contributed by atoms with Gasteiger partial charge >= 0.3 is 0 Å². The molecule has 0 bridgehead atoms. The van der Waals surface area contributed by atoms with Gasteiger partial charge in [0, 0.05) is 17.0 Å². The fourth-order valence-corrected chi connectivity index (χ4v) is 2.00. The average Bonchev–Trinajstić information content (AvgIpc) is 2.67. The quantitative estimate of drug-likeness (QED) is 0.738. The second-order valence-electron chi connectivity index (χ2n) is 5.02. The van der Waals surface area contributed by atoms with Crippen molar-refractivity contribution in [2.24, 2.45) is 0 Å². The van der Waals surface area contributed by atoms with E-state index in [1.807, 2.05) is 0 Å². The van der Waals surface area contributed by atoms with E-state index in [0.29, 0.717) is 0 Å². The standard InChI is InChI=1S/C13H23NOS/c1-13(2,3)14-8-4-5-9-15-11-12-7-6-10-16-12/h6-7,10,14H,4-5,8-9,11H2,1-3H3. The lowest BCUT2D eigenvalue weighted by molar-refractivity contribution is 0.119. The van der Waals surface area contributed by atoms with Crippen LogP contribution in [-0.4, -0.2) is 18.7 Å². The Morgan fingerprint density at radius 3 is 2.75 bits per heavy atom. The fraction of sp³-hybridized carbons (Fsp3) is 0.692. The van der Waals surface area contributed by atoms with Gasteiger partial charge in [-0.05, 0) is 51.6 Å². The molecule has 0 saturated carbocycles. The largest absolute Gasteiger partial charge is 0.376 e. The SMILES string of the molecule is CC(C)(C)NCCCCOCc1cccs1. The van der Waals surface area contributed by atoms with Crippen LogP contribution in [-0.2, 0) is 11.3 Å². The van der Waals surface area contributed by atoms with E-state index in [1.54, 1.807) is 11.3 Å². The molecule has 0 spiro atoms. The lowest BCUT2D eigenvalue weighted by Crippen LogP contribution is -2.36. The second kappa shape index (κ2) is 7.05. The number of hydrogen-bond acceptors (Lipinski definition) is 3. The minimum Gasteiger partial charge on any atom is -0.376 e. The number of hydrogen-bond donors (Lipinski definition) is 1. The van der Waals surface area contributed by atoms with Gasteiger partial charge in [-0.2, -0.15) is 0 Å². The molecule has 0 aliphatic rings. The van der Waals surface area contributed by atoms with Crippen LogP contribution < -0.4 is 5.32 Å². The van der Waals surface area contributed by atoms with Gasteiger partial charge in [-0.25, -0.2) is 0 Å². The molecule has 0 aliphatic carbocycles. The summed E-state index contributed by atoms with van der Waals surface area (Å²) >= 11 is 1.76. The third kappa shape index (κ3) is 6.99. The van der Waals surface area contributed by atoms with E-state index in [1.165, 1.54) is 11.3 Å². The van der Waals surface area contributed by atoms with Crippen LogP contribution in [0, 0.1) is 0 Å². The van der Waals surface area contributed by atoms with Gasteiger partial charge in [-0.1, -0.05) is 6.07 Å². The average molecular weight is 241 g/mol. The van der Waals surface area contributed by atoms with Crippen molar-refractivity contribution in [3.8, 4) is 0 Å². The van der Waals surface area contributed by atoms with Crippen molar-refractivity contribution in [2.75, 3.05) is 13.2 Å². The first kappa shape index (κ1) is 13.7. The van der Waals surface area contributed by atoms with Gasteiger partial charge in [-0.3, -0.25) is 0 Å². The molecule has 0 unspecified atom stereocenters. The normalized spacial score (nSPS) is 11.9. The van der Waals surface area contributed by atoms with E-state index in [9.17, 15) is 0 Å². The summed E-state index contributed by atoms with van der Waals surface area (Å²) in [6, 6.07) is 4.18. The van der Waals surface area contributed by atoms with Gasteiger partial charge in [0.25, 0.3) is 0 Å². The lowest BCUT2D eigenvalue weighted by Gasteiger charge is -2.20. The minimum atomic E-state index is 0.234. The van der Waals surface area contributed by atoms with Crippen LogP contribution >= 0.6 is 11.3 Å². The molecule has 0 atom stereocenters. The zero-order valence-corrected chi connectivity index (χ0v) is 11.4. The molecule has 0 aromatic carbocycles. The maximum atomic E-state index is 5.59. The first-order chi connectivity index (χ1) is 7.58. The molecular weight excluding hydrogens is 218 g/mol. The Morgan fingerprint density at radius 1 is 1.31 bits per heavy atom. The van der Waals surface area contributed by atoms with E-state index in [2.05, 4.69) is 43.6 Å². The van der Waals surface area contributed by atoms with E-state index < -0.39 is 0 Å². The molecule has 1 N–H and O–H groups in total. The third-order valence-electron chi connectivity index (χ3n) is 2.20. The molecule has 16 heavy (non-hydrogen) atoms. The first-order valence-electron chi connectivity index (χ1n) is 5.93. The summed E-state index contributed by atoms with van der Waals surface area (Å²) in [6.07, 6.45) is 2.32. The topological polar surface area (TPSA) is 21.3 Å². The predicted molar refractivity (Wildman–Crippen MR) is 71.0 cm³/mol. The molecule has 0 radical (unpaired) electrons. The zero-order valence-electron chi connectivity index (χ0n) is 10.6. The van der Waals surface area contributed by atoms with Crippen molar-refractivity contribution in [1.29, 1.82) is 0 Å². The summed E-state index contributed by atoms with van der Waals surface area (Å²) in [5, 5.41) is 5.56. The van der Waals surface area contributed by atoms with Crippen molar-refractivity contribution in [2.45, 2.75) is 45.8 Å². The van der Waals surface area contributed by atoms with Crippen LogP contribution in [0.4, 0.5) is 0 Å². The minimum absolute atomic E-state index is 0.234. The highest BCUT2D eigenvalue weighted by atomic mass is 32.1. The molecule has 2 nitrogen and oxygen atoms in total. The molecule has 92 valence electrons. The smallest absolute Gasteiger partial charge is 0.0809 e. The monoisotopic (exact) mass is 241 g/mol. The molecule has 0 aliphatic heterocycles. The summed E-state index contributed by atoms with van der Waals surface area (Å²) in [6.45, 7) is 9.29. The van der Waals surface area contributed by atoms with Crippen molar-refractivity contribution in [3.05, 3.63) is 22.4 Å². The molecule has 0 fully saturated rings. The Labute approximate surface area is 103 Å². The maximum Gasteiger partial charge on any atom is 0.0809 e. The Kier molecular flexibility index (Phi) is 6.03. The highest BCUT2D eigenvalue weighted by Crippen LogP contribution is 2.09. The Hall–Kier alpha value is -0.380. The van der Waals surface area contributed by atoms with Crippen molar-refractivity contribution < 1.29 is 4.74 Å². The lowest BCUT2D eigenvalue weighted by atomic mass is 10.1. The van der Waals surface area contributed by atoms with Gasteiger partial charge in [-0.15, -0.1) is 11.3 Å². The first-order valence-corrected chi connectivity index (χ1v) is 6.81. The molecule has 1 aromatic rings. The molecule has 0 saturated heterocycles. The molecular formula is C13H23NOS. The highest BCUT2D eigenvalue weighted by molar-refractivity contribution is 7.09.